The minimum atomic E-state index is -0.638. The minimum absolute atomic E-state index is 0.0262. The van der Waals surface area contributed by atoms with Crippen molar-refractivity contribution in [2.75, 3.05) is 19.0 Å². The molecule has 3 aromatic rings. The highest BCUT2D eigenvalue weighted by molar-refractivity contribution is 6.05. The summed E-state index contributed by atoms with van der Waals surface area (Å²) in [5, 5.41) is 6.73. The molecule has 0 aliphatic carbocycles. The SMILES string of the molecule is CCOc1ccc(OCc2ccc(C(=O)Nc3cn(CC)nc3C(=O)OC)o2)cc1. The van der Waals surface area contributed by atoms with Crippen LogP contribution in [0.25, 0.3) is 0 Å². The van der Waals surface area contributed by atoms with E-state index in [1.54, 1.807) is 24.4 Å². The van der Waals surface area contributed by atoms with Crippen molar-refractivity contribution in [1.29, 1.82) is 0 Å². The summed E-state index contributed by atoms with van der Waals surface area (Å²) in [7, 11) is 1.25. The molecule has 0 aliphatic heterocycles. The first-order valence-electron chi connectivity index (χ1n) is 9.45. The van der Waals surface area contributed by atoms with Crippen molar-refractivity contribution in [2.45, 2.75) is 27.0 Å². The van der Waals surface area contributed by atoms with Crippen LogP contribution in [0.15, 0.2) is 47.0 Å². The minimum Gasteiger partial charge on any atom is -0.494 e. The highest BCUT2D eigenvalue weighted by Crippen LogP contribution is 2.20. The van der Waals surface area contributed by atoms with Gasteiger partial charge in [0.05, 0.1) is 19.4 Å². The summed E-state index contributed by atoms with van der Waals surface area (Å²) in [5.41, 5.74) is 0.274. The van der Waals surface area contributed by atoms with Gasteiger partial charge in [-0.1, -0.05) is 0 Å². The fourth-order valence-corrected chi connectivity index (χ4v) is 2.64. The predicted octanol–water partition coefficient (Wildman–Crippen LogP) is 3.51. The average Bonchev–Trinajstić information content (AvgIpc) is 3.40. The Labute approximate surface area is 173 Å². The van der Waals surface area contributed by atoms with E-state index in [1.807, 2.05) is 26.0 Å². The largest absolute Gasteiger partial charge is 0.494 e. The molecule has 0 unspecified atom stereocenters. The van der Waals surface area contributed by atoms with Crippen LogP contribution in [-0.4, -0.2) is 35.4 Å². The Hall–Kier alpha value is -3.75. The van der Waals surface area contributed by atoms with Crippen molar-refractivity contribution in [3.05, 3.63) is 59.8 Å². The number of methoxy groups -OCH3 is 1. The smallest absolute Gasteiger partial charge is 0.360 e. The number of carbonyl (C=O) groups excluding carboxylic acids is 2. The maximum absolute atomic E-state index is 12.5. The Morgan fingerprint density at radius 2 is 1.77 bits per heavy atom. The number of aryl methyl sites for hydroxylation is 1. The summed E-state index contributed by atoms with van der Waals surface area (Å²) in [5.74, 6) is 0.825. The molecule has 0 saturated carbocycles. The molecule has 30 heavy (non-hydrogen) atoms. The lowest BCUT2D eigenvalue weighted by Crippen LogP contribution is -2.14. The molecule has 0 atom stereocenters. The number of amides is 1. The number of anilines is 1. The standard InChI is InChI=1S/C21H23N3O6/c1-4-24-12-17(19(23-24)21(26)27-3)22-20(25)18-11-10-16(30-18)13-29-15-8-6-14(7-9-15)28-5-2/h6-12H,4-5,13H2,1-3H3,(H,22,25). The Bertz CT molecular complexity index is 1010. The molecule has 2 heterocycles. The van der Waals surface area contributed by atoms with Gasteiger partial charge in [-0.2, -0.15) is 5.10 Å². The summed E-state index contributed by atoms with van der Waals surface area (Å²) < 4.78 is 22.8. The molecular formula is C21H23N3O6. The Kier molecular flexibility index (Phi) is 6.74. The van der Waals surface area contributed by atoms with Crippen LogP contribution < -0.4 is 14.8 Å². The van der Waals surface area contributed by atoms with E-state index < -0.39 is 11.9 Å². The molecule has 0 fully saturated rings. The van der Waals surface area contributed by atoms with Gasteiger partial charge in [0.2, 0.25) is 0 Å². The van der Waals surface area contributed by atoms with Crippen LogP contribution in [0, 0.1) is 0 Å². The van der Waals surface area contributed by atoms with E-state index in [9.17, 15) is 9.59 Å². The van der Waals surface area contributed by atoms with Crippen LogP contribution in [0.2, 0.25) is 0 Å². The molecule has 0 bridgehead atoms. The fourth-order valence-electron chi connectivity index (χ4n) is 2.64. The predicted molar refractivity (Wildman–Crippen MR) is 108 cm³/mol. The third-order valence-electron chi connectivity index (χ3n) is 4.11. The third-order valence-corrected chi connectivity index (χ3v) is 4.11. The quantitative estimate of drug-likeness (QED) is 0.535. The Balaban J connectivity index is 1.62. The summed E-state index contributed by atoms with van der Waals surface area (Å²) in [4.78, 5) is 24.4. The number of hydrogen-bond donors (Lipinski definition) is 1. The summed E-state index contributed by atoms with van der Waals surface area (Å²) >= 11 is 0. The van der Waals surface area contributed by atoms with Gasteiger partial charge >= 0.3 is 5.97 Å². The zero-order valence-electron chi connectivity index (χ0n) is 17.0. The number of hydrogen-bond acceptors (Lipinski definition) is 7. The lowest BCUT2D eigenvalue weighted by atomic mass is 10.3. The van der Waals surface area contributed by atoms with E-state index in [4.69, 9.17) is 18.6 Å². The van der Waals surface area contributed by atoms with Crippen molar-refractivity contribution in [2.24, 2.45) is 0 Å². The zero-order chi connectivity index (χ0) is 21.5. The lowest BCUT2D eigenvalue weighted by molar-refractivity contribution is 0.0594. The second-order valence-corrected chi connectivity index (χ2v) is 6.15. The van der Waals surface area contributed by atoms with Gasteiger partial charge in [0.15, 0.2) is 11.5 Å². The molecule has 0 radical (unpaired) electrons. The molecule has 9 nitrogen and oxygen atoms in total. The van der Waals surface area contributed by atoms with E-state index in [0.29, 0.717) is 24.7 Å². The molecule has 0 saturated heterocycles. The highest BCUT2D eigenvalue weighted by Gasteiger charge is 2.21. The van der Waals surface area contributed by atoms with Crippen molar-refractivity contribution < 1.29 is 28.2 Å². The second-order valence-electron chi connectivity index (χ2n) is 6.15. The Morgan fingerprint density at radius 3 is 2.40 bits per heavy atom. The molecular weight excluding hydrogens is 390 g/mol. The van der Waals surface area contributed by atoms with Gasteiger partial charge in [-0.3, -0.25) is 9.48 Å². The van der Waals surface area contributed by atoms with Crippen LogP contribution >= 0.6 is 0 Å². The van der Waals surface area contributed by atoms with E-state index in [2.05, 4.69) is 10.4 Å². The average molecular weight is 413 g/mol. The number of aromatic nitrogens is 2. The summed E-state index contributed by atoms with van der Waals surface area (Å²) in [6, 6.07) is 10.4. The molecule has 0 aliphatic rings. The lowest BCUT2D eigenvalue weighted by Gasteiger charge is -2.06. The van der Waals surface area contributed by atoms with E-state index in [1.165, 1.54) is 17.9 Å². The normalized spacial score (nSPS) is 10.5. The summed E-state index contributed by atoms with van der Waals surface area (Å²) in [6.07, 6.45) is 1.56. The Morgan fingerprint density at radius 1 is 1.07 bits per heavy atom. The second kappa shape index (κ2) is 9.64. The monoisotopic (exact) mass is 413 g/mol. The van der Waals surface area contributed by atoms with Gasteiger partial charge < -0.3 is 23.9 Å². The molecule has 1 aromatic carbocycles. The first-order valence-corrected chi connectivity index (χ1v) is 9.45. The van der Waals surface area contributed by atoms with Gasteiger partial charge in [-0.15, -0.1) is 0 Å². The van der Waals surface area contributed by atoms with Gasteiger partial charge in [0, 0.05) is 12.7 Å². The van der Waals surface area contributed by atoms with Crippen LogP contribution in [0.1, 0.15) is 40.7 Å². The van der Waals surface area contributed by atoms with Crippen LogP contribution in [-0.2, 0) is 17.9 Å². The number of benzene rings is 1. The summed E-state index contributed by atoms with van der Waals surface area (Å²) in [6.45, 7) is 5.07. The first kappa shape index (κ1) is 21.0. The molecule has 158 valence electrons. The van der Waals surface area contributed by atoms with Gasteiger partial charge in [-0.05, 0) is 50.2 Å². The molecule has 2 aromatic heterocycles. The van der Waals surface area contributed by atoms with Crippen molar-refractivity contribution >= 4 is 17.6 Å². The number of nitrogens with one attached hydrogen (secondary N) is 1. The maximum atomic E-state index is 12.5. The van der Waals surface area contributed by atoms with E-state index in [-0.39, 0.29) is 23.7 Å². The molecule has 0 spiro atoms. The van der Waals surface area contributed by atoms with Gasteiger partial charge in [-0.25, -0.2) is 4.79 Å². The first-order chi connectivity index (χ1) is 14.5. The molecule has 9 heteroatoms. The van der Waals surface area contributed by atoms with Crippen molar-refractivity contribution in [1.82, 2.24) is 9.78 Å². The fraction of sp³-hybridized carbons (Fsp3) is 0.286. The number of furan rings is 1. The molecule has 1 N–H and O–H groups in total. The van der Waals surface area contributed by atoms with Crippen molar-refractivity contribution in [3.8, 4) is 11.5 Å². The van der Waals surface area contributed by atoms with Crippen LogP contribution in [0.5, 0.6) is 11.5 Å². The van der Waals surface area contributed by atoms with E-state index >= 15 is 0 Å². The van der Waals surface area contributed by atoms with Gasteiger partial charge in [0.1, 0.15) is 23.9 Å². The maximum Gasteiger partial charge on any atom is 0.360 e. The number of nitrogens with zero attached hydrogens (tertiary/aromatic N) is 2. The van der Waals surface area contributed by atoms with E-state index in [0.717, 1.165) is 5.75 Å². The van der Waals surface area contributed by atoms with Gasteiger partial charge in [0.25, 0.3) is 5.91 Å². The molecule has 1 amide bonds. The number of ether oxygens (including phenoxy) is 3. The topological polar surface area (TPSA) is 105 Å². The highest BCUT2D eigenvalue weighted by atomic mass is 16.5. The number of esters is 1. The van der Waals surface area contributed by atoms with Crippen LogP contribution in [0.3, 0.4) is 0 Å². The number of carbonyl (C=O) groups is 2. The third kappa shape index (κ3) is 4.99. The number of rotatable bonds is 9. The van der Waals surface area contributed by atoms with Crippen molar-refractivity contribution in [3.63, 3.8) is 0 Å². The molecule has 3 rings (SSSR count). The zero-order valence-corrected chi connectivity index (χ0v) is 17.0. The van der Waals surface area contributed by atoms with Crippen LogP contribution in [0.4, 0.5) is 5.69 Å².